The minimum atomic E-state index is -0.826. The summed E-state index contributed by atoms with van der Waals surface area (Å²) in [5, 5.41) is 11.2. The maximum absolute atomic E-state index is 13.2. The fourth-order valence-electron chi connectivity index (χ4n) is 3.91. The highest BCUT2D eigenvalue weighted by atomic mass is 35.5. The molecule has 0 bridgehead atoms. The Kier molecular flexibility index (Phi) is 4.05. The molecule has 0 spiro atoms. The Bertz CT molecular complexity index is 1310. The molecule has 0 radical (unpaired) electrons. The van der Waals surface area contributed by atoms with E-state index in [9.17, 15) is 9.90 Å². The van der Waals surface area contributed by atoms with E-state index in [0.717, 1.165) is 5.52 Å². The molecule has 1 aromatic carbocycles. The van der Waals surface area contributed by atoms with Crippen molar-refractivity contribution >= 4 is 51.5 Å². The van der Waals surface area contributed by atoms with Crippen molar-refractivity contribution in [3.05, 3.63) is 35.4 Å². The van der Waals surface area contributed by atoms with Crippen molar-refractivity contribution in [3.8, 4) is 0 Å². The fourth-order valence-corrected chi connectivity index (χ4v) is 4.08. The molecule has 12 heteroatoms. The number of nitrogen functional groups attached to an aromatic ring is 2. The third-order valence-corrected chi connectivity index (χ3v) is 5.64. The second-order valence-electron chi connectivity index (χ2n) is 7.26. The van der Waals surface area contributed by atoms with Gasteiger partial charge in [0.15, 0.2) is 17.3 Å². The van der Waals surface area contributed by atoms with Gasteiger partial charge in [-0.15, -0.1) is 0 Å². The van der Waals surface area contributed by atoms with Crippen LogP contribution in [0.1, 0.15) is 16.7 Å². The number of carbonyl (C=O) groups excluding carboxylic acids is 1. The molecule has 5 N–H and O–H groups in total. The number of rotatable bonds is 2. The standard InChI is InChI=1S/C18H18ClN9O2/c1-26-10-3-2-8(19)4-9(10)23-16(26)17(30)27-5-11(12(29)6-27)28-7-22-13-14(20)24-18(21)25-15(13)28/h2-4,7,11-12,29H,5-6H2,1H3,(H4,20,21,24,25)/t11-,12-/m0/s1. The highest BCUT2D eigenvalue weighted by Gasteiger charge is 2.38. The van der Waals surface area contributed by atoms with Crippen molar-refractivity contribution in [1.29, 1.82) is 0 Å². The average Bonchev–Trinajstić information content (AvgIpc) is 3.36. The van der Waals surface area contributed by atoms with Gasteiger partial charge in [-0.25, -0.2) is 9.97 Å². The number of amides is 1. The predicted octanol–water partition coefficient (Wildman–Crippen LogP) is 0.589. The number of halogens is 1. The van der Waals surface area contributed by atoms with Gasteiger partial charge in [-0.2, -0.15) is 9.97 Å². The summed E-state index contributed by atoms with van der Waals surface area (Å²) in [7, 11) is 1.77. The number of benzene rings is 1. The van der Waals surface area contributed by atoms with E-state index >= 15 is 0 Å². The van der Waals surface area contributed by atoms with Gasteiger partial charge in [0.05, 0.1) is 29.5 Å². The molecule has 4 heterocycles. The number of aromatic nitrogens is 6. The van der Waals surface area contributed by atoms with Crippen LogP contribution in [0.3, 0.4) is 0 Å². The van der Waals surface area contributed by atoms with E-state index in [0.29, 0.717) is 21.7 Å². The number of aryl methyl sites for hydroxylation is 1. The van der Waals surface area contributed by atoms with Crippen molar-refractivity contribution in [2.24, 2.45) is 7.05 Å². The predicted molar refractivity (Wildman–Crippen MR) is 111 cm³/mol. The minimum Gasteiger partial charge on any atom is -0.389 e. The molecular weight excluding hydrogens is 410 g/mol. The maximum atomic E-state index is 13.2. The van der Waals surface area contributed by atoms with Crippen molar-refractivity contribution in [2.45, 2.75) is 12.1 Å². The lowest BCUT2D eigenvalue weighted by Crippen LogP contribution is -2.31. The first kappa shape index (κ1) is 18.6. The number of nitrogens with zero attached hydrogens (tertiary/aromatic N) is 7. The van der Waals surface area contributed by atoms with Gasteiger partial charge < -0.3 is 30.6 Å². The lowest BCUT2D eigenvalue weighted by molar-refractivity contribution is 0.0750. The molecule has 5 rings (SSSR count). The van der Waals surface area contributed by atoms with Gasteiger partial charge in [0.25, 0.3) is 5.91 Å². The number of aliphatic hydroxyl groups excluding tert-OH is 1. The zero-order chi connectivity index (χ0) is 21.2. The van der Waals surface area contributed by atoms with Crippen LogP contribution in [-0.2, 0) is 7.05 Å². The molecule has 1 aliphatic rings. The van der Waals surface area contributed by atoms with Gasteiger partial charge in [-0.05, 0) is 18.2 Å². The zero-order valence-corrected chi connectivity index (χ0v) is 16.7. The molecule has 154 valence electrons. The summed E-state index contributed by atoms with van der Waals surface area (Å²) in [6.45, 7) is 0.391. The normalized spacial score (nSPS) is 19.2. The molecular formula is C18H18ClN9O2. The van der Waals surface area contributed by atoms with Crippen LogP contribution in [0.4, 0.5) is 11.8 Å². The Morgan fingerprint density at radius 3 is 2.83 bits per heavy atom. The quantitative estimate of drug-likeness (QED) is 0.420. The monoisotopic (exact) mass is 427 g/mol. The van der Waals surface area contributed by atoms with Crippen LogP contribution in [0.2, 0.25) is 5.02 Å². The molecule has 30 heavy (non-hydrogen) atoms. The lowest BCUT2D eigenvalue weighted by Gasteiger charge is -2.17. The third kappa shape index (κ3) is 2.74. The molecule has 1 aliphatic heterocycles. The van der Waals surface area contributed by atoms with E-state index in [1.165, 1.54) is 6.33 Å². The summed E-state index contributed by atoms with van der Waals surface area (Å²) in [6, 6.07) is 4.81. The first-order valence-corrected chi connectivity index (χ1v) is 9.56. The molecule has 3 aromatic heterocycles. The van der Waals surface area contributed by atoms with Crippen LogP contribution in [0, 0.1) is 0 Å². The summed E-state index contributed by atoms with van der Waals surface area (Å²) >= 11 is 6.04. The van der Waals surface area contributed by atoms with E-state index in [4.69, 9.17) is 23.1 Å². The molecule has 2 atom stereocenters. The molecule has 0 aliphatic carbocycles. The van der Waals surface area contributed by atoms with E-state index in [-0.39, 0.29) is 36.6 Å². The minimum absolute atomic E-state index is 0.0144. The van der Waals surface area contributed by atoms with Gasteiger partial charge in [0, 0.05) is 25.2 Å². The van der Waals surface area contributed by atoms with Crippen LogP contribution in [-0.4, -0.2) is 64.2 Å². The summed E-state index contributed by atoms with van der Waals surface area (Å²) in [6.07, 6.45) is 0.696. The van der Waals surface area contributed by atoms with Crippen LogP contribution >= 0.6 is 11.6 Å². The number of hydrogen-bond acceptors (Lipinski definition) is 8. The topological polar surface area (TPSA) is 154 Å². The van der Waals surface area contributed by atoms with Crippen molar-refractivity contribution in [1.82, 2.24) is 34.0 Å². The van der Waals surface area contributed by atoms with E-state index in [1.54, 1.807) is 33.2 Å². The van der Waals surface area contributed by atoms with Crippen LogP contribution in [0.5, 0.6) is 0 Å². The Hall–Kier alpha value is -3.44. The molecule has 1 fully saturated rings. The van der Waals surface area contributed by atoms with Crippen molar-refractivity contribution in [3.63, 3.8) is 0 Å². The highest BCUT2D eigenvalue weighted by molar-refractivity contribution is 6.31. The average molecular weight is 428 g/mol. The second kappa shape index (κ2) is 6.54. The number of imidazole rings is 2. The number of carbonyl (C=O) groups is 1. The SMILES string of the molecule is Cn1c(C(=O)N2C[C@H](O)[C@@H](n3cnc4c(N)nc(N)nc43)C2)nc2cc(Cl)ccc21. The number of likely N-dealkylation sites (tertiary alicyclic amines) is 1. The number of β-amino-alcohol motifs (C(OH)–C–C–N with tert-alkyl or cyclic N) is 1. The molecule has 11 nitrogen and oxygen atoms in total. The van der Waals surface area contributed by atoms with Crippen molar-refractivity contribution < 1.29 is 9.90 Å². The van der Waals surface area contributed by atoms with Gasteiger partial charge in [0.1, 0.15) is 5.52 Å². The van der Waals surface area contributed by atoms with Gasteiger partial charge in [0.2, 0.25) is 5.95 Å². The van der Waals surface area contributed by atoms with E-state index in [2.05, 4.69) is 19.9 Å². The molecule has 1 amide bonds. The largest absolute Gasteiger partial charge is 0.389 e. The Labute approximate surface area is 174 Å². The van der Waals surface area contributed by atoms with E-state index < -0.39 is 12.1 Å². The number of hydrogen-bond donors (Lipinski definition) is 3. The second-order valence-corrected chi connectivity index (χ2v) is 7.70. The Balaban J connectivity index is 1.48. The highest BCUT2D eigenvalue weighted by Crippen LogP contribution is 2.29. The lowest BCUT2D eigenvalue weighted by atomic mass is 10.2. The smallest absolute Gasteiger partial charge is 0.290 e. The molecule has 0 unspecified atom stereocenters. The molecule has 4 aromatic rings. The Morgan fingerprint density at radius 1 is 1.23 bits per heavy atom. The number of fused-ring (bicyclic) bond motifs is 2. The van der Waals surface area contributed by atoms with Crippen LogP contribution in [0.25, 0.3) is 22.2 Å². The van der Waals surface area contributed by atoms with Crippen molar-refractivity contribution in [2.75, 3.05) is 24.6 Å². The Morgan fingerprint density at radius 2 is 2.03 bits per heavy atom. The molecule has 1 saturated heterocycles. The number of anilines is 2. The summed E-state index contributed by atoms with van der Waals surface area (Å²) in [5.41, 5.74) is 13.8. The summed E-state index contributed by atoms with van der Waals surface area (Å²) < 4.78 is 3.39. The van der Waals surface area contributed by atoms with Gasteiger partial charge in [-0.3, -0.25) is 4.79 Å². The zero-order valence-electron chi connectivity index (χ0n) is 15.9. The number of nitrogens with two attached hydrogens (primary N) is 2. The third-order valence-electron chi connectivity index (χ3n) is 5.40. The molecule has 0 saturated carbocycles. The van der Waals surface area contributed by atoms with Crippen LogP contribution < -0.4 is 11.5 Å². The number of aliphatic hydroxyl groups is 1. The summed E-state index contributed by atoms with van der Waals surface area (Å²) in [5.74, 6) is 0.159. The fraction of sp³-hybridized carbons (Fsp3) is 0.278. The van der Waals surface area contributed by atoms with E-state index in [1.807, 2.05) is 6.07 Å². The maximum Gasteiger partial charge on any atom is 0.290 e. The van der Waals surface area contributed by atoms with Crippen LogP contribution in [0.15, 0.2) is 24.5 Å². The first-order valence-electron chi connectivity index (χ1n) is 9.18. The summed E-state index contributed by atoms with van der Waals surface area (Å²) in [4.78, 5) is 31.5. The van der Waals surface area contributed by atoms with Gasteiger partial charge >= 0.3 is 0 Å². The van der Waals surface area contributed by atoms with Gasteiger partial charge in [-0.1, -0.05) is 11.6 Å². The first-order chi connectivity index (χ1) is 14.3.